The Morgan fingerprint density at radius 1 is 1.16 bits per heavy atom. The Kier molecular flexibility index (Phi) is 6.18. The van der Waals surface area contributed by atoms with Gasteiger partial charge in [-0.1, -0.05) is 23.4 Å². The van der Waals surface area contributed by atoms with Crippen LogP contribution in [-0.2, 0) is 9.53 Å². The number of carbonyl (C=O) groups is 1. The first-order valence-corrected chi connectivity index (χ1v) is 10.1. The lowest BCUT2D eigenvalue weighted by molar-refractivity contribution is -0.142. The first kappa shape index (κ1) is 20.9. The van der Waals surface area contributed by atoms with Gasteiger partial charge in [-0.3, -0.25) is 4.79 Å². The zero-order chi connectivity index (χ0) is 21.8. The highest BCUT2D eigenvalue weighted by Gasteiger charge is 2.30. The summed E-state index contributed by atoms with van der Waals surface area (Å²) >= 11 is 0. The van der Waals surface area contributed by atoms with Crippen LogP contribution in [-0.4, -0.2) is 54.4 Å². The fraction of sp³-hybridized carbons (Fsp3) is 0.348. The number of methoxy groups -OCH3 is 1. The molecule has 0 saturated carbocycles. The molecule has 2 aromatic carbocycles. The number of carbonyl (C=O) groups excluding carboxylic acids is 1. The summed E-state index contributed by atoms with van der Waals surface area (Å²) < 4.78 is 22.2. The van der Waals surface area contributed by atoms with Gasteiger partial charge in [0.25, 0.3) is 11.8 Å². The van der Waals surface area contributed by atoms with Crippen molar-refractivity contribution in [1.82, 2.24) is 15.0 Å². The van der Waals surface area contributed by atoms with Gasteiger partial charge in [-0.2, -0.15) is 4.98 Å². The topological polar surface area (TPSA) is 86.9 Å². The van der Waals surface area contributed by atoms with Crippen molar-refractivity contribution in [2.24, 2.45) is 0 Å². The standard InChI is InChI=1S/C23H25N3O5/c1-15-5-4-6-16(2)21(15)30-14-20(27)26-11-12-29-19(13-26)23-24-22(25-31-23)17-7-9-18(28-3)10-8-17/h4-10,19H,11-14H2,1-3H3. The average Bonchev–Trinajstić information content (AvgIpc) is 3.29. The molecule has 0 spiro atoms. The molecule has 0 radical (unpaired) electrons. The minimum absolute atomic E-state index is 0.0284. The second-order valence-electron chi connectivity index (χ2n) is 7.39. The van der Waals surface area contributed by atoms with Gasteiger partial charge in [0.15, 0.2) is 12.7 Å². The summed E-state index contributed by atoms with van der Waals surface area (Å²) in [5.74, 6) is 2.20. The van der Waals surface area contributed by atoms with Crippen LogP contribution < -0.4 is 9.47 Å². The van der Waals surface area contributed by atoms with Gasteiger partial charge in [-0.15, -0.1) is 0 Å². The largest absolute Gasteiger partial charge is 0.497 e. The zero-order valence-electron chi connectivity index (χ0n) is 17.8. The van der Waals surface area contributed by atoms with E-state index in [0.717, 1.165) is 28.2 Å². The van der Waals surface area contributed by atoms with E-state index < -0.39 is 6.10 Å². The number of ether oxygens (including phenoxy) is 3. The van der Waals surface area contributed by atoms with E-state index in [1.54, 1.807) is 12.0 Å². The summed E-state index contributed by atoms with van der Waals surface area (Å²) in [6.07, 6.45) is -0.475. The first-order chi connectivity index (χ1) is 15.0. The van der Waals surface area contributed by atoms with Crippen molar-refractivity contribution >= 4 is 5.91 Å². The fourth-order valence-corrected chi connectivity index (χ4v) is 3.50. The van der Waals surface area contributed by atoms with Gasteiger partial charge in [0.2, 0.25) is 5.82 Å². The van der Waals surface area contributed by atoms with Crippen molar-refractivity contribution in [3.63, 3.8) is 0 Å². The van der Waals surface area contributed by atoms with Crippen LogP contribution in [0.15, 0.2) is 47.0 Å². The first-order valence-electron chi connectivity index (χ1n) is 10.1. The number of morpholine rings is 1. The number of nitrogens with zero attached hydrogens (tertiary/aromatic N) is 3. The molecule has 1 saturated heterocycles. The number of hydrogen-bond donors (Lipinski definition) is 0. The maximum atomic E-state index is 12.7. The van der Waals surface area contributed by atoms with E-state index in [4.69, 9.17) is 18.7 Å². The third-order valence-electron chi connectivity index (χ3n) is 5.23. The van der Waals surface area contributed by atoms with Gasteiger partial charge in [-0.05, 0) is 49.2 Å². The highest BCUT2D eigenvalue weighted by atomic mass is 16.5. The smallest absolute Gasteiger partial charge is 0.260 e. The normalized spacial score (nSPS) is 16.2. The van der Waals surface area contributed by atoms with Crippen LogP contribution in [0.25, 0.3) is 11.4 Å². The van der Waals surface area contributed by atoms with Crippen LogP contribution in [0.3, 0.4) is 0 Å². The third kappa shape index (κ3) is 4.69. The maximum absolute atomic E-state index is 12.7. The highest BCUT2D eigenvalue weighted by Crippen LogP contribution is 2.26. The van der Waals surface area contributed by atoms with Crippen molar-refractivity contribution in [2.45, 2.75) is 20.0 Å². The number of aryl methyl sites for hydroxylation is 2. The summed E-state index contributed by atoms with van der Waals surface area (Å²) in [5, 5.41) is 4.05. The molecule has 1 aliphatic rings. The molecule has 8 nitrogen and oxygen atoms in total. The van der Waals surface area contributed by atoms with E-state index >= 15 is 0 Å². The summed E-state index contributed by atoms with van der Waals surface area (Å²) in [6.45, 7) is 5.12. The molecular weight excluding hydrogens is 398 g/mol. The van der Waals surface area contributed by atoms with Gasteiger partial charge < -0.3 is 23.6 Å². The van der Waals surface area contributed by atoms with Crippen LogP contribution >= 0.6 is 0 Å². The van der Waals surface area contributed by atoms with E-state index in [1.165, 1.54) is 0 Å². The molecule has 2 heterocycles. The molecule has 1 atom stereocenters. The predicted octanol–water partition coefficient (Wildman–Crippen LogP) is 3.34. The van der Waals surface area contributed by atoms with Crippen molar-refractivity contribution in [2.75, 3.05) is 33.4 Å². The van der Waals surface area contributed by atoms with Crippen molar-refractivity contribution in [1.29, 1.82) is 0 Å². The molecule has 1 amide bonds. The lowest BCUT2D eigenvalue weighted by atomic mass is 10.1. The number of rotatable bonds is 6. The van der Waals surface area contributed by atoms with Gasteiger partial charge in [0.1, 0.15) is 11.5 Å². The molecule has 162 valence electrons. The van der Waals surface area contributed by atoms with Gasteiger partial charge in [0.05, 0.1) is 20.3 Å². The number of hydrogen-bond acceptors (Lipinski definition) is 7. The Balaban J connectivity index is 1.39. The van der Waals surface area contributed by atoms with Gasteiger partial charge in [-0.25, -0.2) is 0 Å². The Labute approximate surface area is 180 Å². The molecule has 1 fully saturated rings. The second-order valence-corrected chi connectivity index (χ2v) is 7.39. The SMILES string of the molecule is COc1ccc(-c2noc(C3CN(C(=O)COc4c(C)cccc4C)CCO3)n2)cc1. The summed E-state index contributed by atoms with van der Waals surface area (Å²) in [7, 11) is 1.61. The third-order valence-corrected chi connectivity index (χ3v) is 5.23. The predicted molar refractivity (Wildman–Crippen MR) is 113 cm³/mol. The van der Waals surface area contributed by atoms with Crippen LogP contribution in [0.1, 0.15) is 23.1 Å². The molecule has 31 heavy (non-hydrogen) atoms. The molecule has 4 rings (SSSR count). The number of benzene rings is 2. The van der Waals surface area contributed by atoms with E-state index in [0.29, 0.717) is 31.4 Å². The molecule has 8 heteroatoms. The number of para-hydroxylation sites is 1. The van der Waals surface area contributed by atoms with Crippen molar-refractivity contribution in [3.05, 3.63) is 59.5 Å². The van der Waals surface area contributed by atoms with Crippen molar-refractivity contribution in [3.8, 4) is 22.9 Å². The minimum atomic E-state index is -0.475. The van der Waals surface area contributed by atoms with Gasteiger partial charge >= 0.3 is 0 Å². The molecule has 1 aromatic heterocycles. The van der Waals surface area contributed by atoms with Crippen molar-refractivity contribution < 1.29 is 23.5 Å². The second kappa shape index (κ2) is 9.18. The average molecular weight is 423 g/mol. The van der Waals surface area contributed by atoms with E-state index in [-0.39, 0.29) is 12.5 Å². The maximum Gasteiger partial charge on any atom is 0.260 e. The highest BCUT2D eigenvalue weighted by molar-refractivity contribution is 5.78. The zero-order valence-corrected chi connectivity index (χ0v) is 17.8. The van der Waals surface area contributed by atoms with Crippen LogP contribution in [0.4, 0.5) is 0 Å². The molecular formula is C23H25N3O5. The lowest BCUT2D eigenvalue weighted by Crippen LogP contribution is -2.44. The summed E-state index contributed by atoms with van der Waals surface area (Å²) in [6, 6.07) is 13.3. The number of aromatic nitrogens is 2. The van der Waals surface area contributed by atoms with Crippen LogP contribution in [0, 0.1) is 13.8 Å². The van der Waals surface area contributed by atoms with Crippen LogP contribution in [0.2, 0.25) is 0 Å². The Hall–Kier alpha value is -3.39. The molecule has 1 unspecified atom stereocenters. The molecule has 1 aliphatic heterocycles. The Morgan fingerprint density at radius 3 is 2.61 bits per heavy atom. The van der Waals surface area contributed by atoms with E-state index in [9.17, 15) is 4.79 Å². The molecule has 0 bridgehead atoms. The summed E-state index contributed by atoms with van der Waals surface area (Å²) in [4.78, 5) is 18.9. The van der Waals surface area contributed by atoms with E-state index in [2.05, 4.69) is 10.1 Å². The summed E-state index contributed by atoms with van der Waals surface area (Å²) in [5.41, 5.74) is 2.82. The minimum Gasteiger partial charge on any atom is -0.497 e. The van der Waals surface area contributed by atoms with E-state index in [1.807, 2.05) is 56.3 Å². The Bertz CT molecular complexity index is 1030. The van der Waals surface area contributed by atoms with Gasteiger partial charge in [0, 0.05) is 12.1 Å². The number of amides is 1. The fourth-order valence-electron chi connectivity index (χ4n) is 3.50. The molecule has 0 aliphatic carbocycles. The Morgan fingerprint density at radius 2 is 1.90 bits per heavy atom. The molecule has 0 N–H and O–H groups in total. The van der Waals surface area contributed by atoms with Crippen LogP contribution in [0.5, 0.6) is 11.5 Å². The quantitative estimate of drug-likeness (QED) is 0.601. The lowest BCUT2D eigenvalue weighted by Gasteiger charge is -2.31. The monoisotopic (exact) mass is 423 g/mol. The molecule has 3 aromatic rings.